The van der Waals surface area contributed by atoms with Gasteiger partial charge in [0.05, 0.1) is 25.5 Å². The summed E-state index contributed by atoms with van der Waals surface area (Å²) < 4.78 is 16.4. The summed E-state index contributed by atoms with van der Waals surface area (Å²) in [5.74, 6) is -0.0577. The molecule has 3 aromatic rings. The van der Waals surface area contributed by atoms with Crippen molar-refractivity contribution in [1.82, 2.24) is 9.88 Å². The normalized spacial score (nSPS) is 14.8. The van der Waals surface area contributed by atoms with Crippen LogP contribution in [0.25, 0.3) is 0 Å². The number of benzene rings is 2. The van der Waals surface area contributed by atoms with Crippen molar-refractivity contribution in [2.45, 2.75) is 12.5 Å². The zero-order valence-corrected chi connectivity index (χ0v) is 19.2. The molecule has 0 aliphatic carbocycles. The fraction of sp³-hybridized carbons (Fsp3) is 0.240. The lowest BCUT2D eigenvalue weighted by Gasteiger charge is -2.38. The lowest BCUT2D eigenvalue weighted by molar-refractivity contribution is -0.139. The van der Waals surface area contributed by atoms with Gasteiger partial charge >= 0.3 is 5.97 Å². The van der Waals surface area contributed by atoms with Crippen molar-refractivity contribution in [2.24, 2.45) is 0 Å². The third-order valence-corrected chi connectivity index (χ3v) is 5.74. The van der Waals surface area contributed by atoms with Crippen LogP contribution in [0.1, 0.15) is 22.7 Å². The Balaban J connectivity index is 1.67. The van der Waals surface area contributed by atoms with Crippen LogP contribution >= 0.6 is 11.6 Å². The minimum atomic E-state index is -1.10. The second kappa shape index (κ2) is 10.4. The molecule has 2 heterocycles. The summed E-state index contributed by atoms with van der Waals surface area (Å²) >= 11 is 6.30. The minimum absolute atomic E-state index is 0.209. The Labute approximate surface area is 201 Å². The number of amides is 1. The molecular weight excluding hydrogens is 460 g/mol. The van der Waals surface area contributed by atoms with Crippen molar-refractivity contribution in [1.29, 1.82) is 0 Å². The van der Waals surface area contributed by atoms with Crippen molar-refractivity contribution in [2.75, 3.05) is 26.9 Å². The summed E-state index contributed by atoms with van der Waals surface area (Å²) in [6, 6.07) is 13.9. The van der Waals surface area contributed by atoms with E-state index >= 15 is 0 Å². The van der Waals surface area contributed by atoms with Crippen LogP contribution in [0.3, 0.4) is 0 Å². The topological polar surface area (TPSA) is 98.2 Å². The third-order valence-electron chi connectivity index (χ3n) is 5.51. The van der Waals surface area contributed by atoms with Crippen molar-refractivity contribution in [3.63, 3.8) is 0 Å². The van der Waals surface area contributed by atoms with Crippen molar-refractivity contribution < 1.29 is 28.9 Å². The summed E-state index contributed by atoms with van der Waals surface area (Å²) in [6.07, 6.45) is 3.72. The molecule has 0 fully saturated rings. The number of nitrogens with zero attached hydrogens (tertiary/aromatic N) is 2. The van der Waals surface area contributed by atoms with Gasteiger partial charge in [-0.2, -0.15) is 0 Å². The number of carbonyl (C=O) groups is 2. The van der Waals surface area contributed by atoms with Crippen LogP contribution < -0.4 is 14.2 Å². The molecule has 4 rings (SSSR count). The molecule has 1 amide bonds. The van der Waals surface area contributed by atoms with Gasteiger partial charge in [-0.15, -0.1) is 0 Å². The molecule has 0 saturated carbocycles. The molecule has 176 valence electrons. The number of fused-ring (bicyclic) bond motifs is 1. The maximum absolute atomic E-state index is 13.4. The SMILES string of the molecule is COc1cncc(OCC(=O)N2CCc3ccccc3C2c2cc(Cl)ccc2OCC(=O)O)c1. The molecule has 0 saturated heterocycles. The Morgan fingerprint density at radius 1 is 1.06 bits per heavy atom. The quantitative estimate of drug-likeness (QED) is 0.522. The number of rotatable bonds is 8. The monoisotopic (exact) mass is 482 g/mol. The molecule has 0 spiro atoms. The Morgan fingerprint density at radius 2 is 1.85 bits per heavy atom. The predicted molar refractivity (Wildman–Crippen MR) is 125 cm³/mol. The van der Waals surface area contributed by atoms with E-state index in [1.165, 1.54) is 13.3 Å². The molecule has 8 nitrogen and oxygen atoms in total. The number of halogens is 1. The Morgan fingerprint density at radius 3 is 2.65 bits per heavy atom. The van der Waals surface area contributed by atoms with Crippen molar-refractivity contribution in [3.8, 4) is 17.2 Å². The fourth-order valence-corrected chi connectivity index (χ4v) is 4.17. The van der Waals surface area contributed by atoms with Crippen LogP contribution in [0.4, 0.5) is 0 Å². The first-order chi connectivity index (χ1) is 16.5. The summed E-state index contributed by atoms with van der Waals surface area (Å²) in [6.45, 7) is -0.270. The molecule has 0 radical (unpaired) electrons. The summed E-state index contributed by atoms with van der Waals surface area (Å²) in [7, 11) is 1.52. The van der Waals surface area contributed by atoms with Crippen LogP contribution in [0, 0.1) is 0 Å². The van der Waals surface area contributed by atoms with E-state index in [9.17, 15) is 9.59 Å². The molecule has 1 aromatic heterocycles. The lowest BCUT2D eigenvalue weighted by Crippen LogP contribution is -2.43. The number of aromatic nitrogens is 1. The summed E-state index contributed by atoms with van der Waals surface area (Å²) in [4.78, 5) is 30.2. The van der Waals surface area contributed by atoms with Gasteiger partial charge in [0, 0.05) is 23.2 Å². The predicted octanol–water partition coefficient (Wildman–Crippen LogP) is 3.76. The van der Waals surface area contributed by atoms with Crippen LogP contribution in [-0.2, 0) is 16.0 Å². The first kappa shape index (κ1) is 23.4. The van der Waals surface area contributed by atoms with E-state index < -0.39 is 18.6 Å². The fourth-order valence-electron chi connectivity index (χ4n) is 3.99. The average molecular weight is 483 g/mol. The van der Waals surface area contributed by atoms with Crippen LogP contribution in [-0.4, -0.2) is 53.7 Å². The molecule has 1 N–H and O–H groups in total. The zero-order valence-electron chi connectivity index (χ0n) is 18.4. The standard InChI is InChI=1S/C25H23ClN2O6/c1-32-18-11-19(13-27-12-18)33-14-23(29)28-9-8-16-4-2-3-5-20(16)25(28)21-10-17(26)6-7-22(21)34-15-24(30)31/h2-7,10-13,25H,8-9,14-15H2,1H3,(H,30,31). The zero-order chi connectivity index (χ0) is 24.1. The number of carbonyl (C=O) groups excluding carboxylic acids is 1. The van der Waals surface area contributed by atoms with Gasteiger partial charge in [0.2, 0.25) is 0 Å². The highest BCUT2D eigenvalue weighted by atomic mass is 35.5. The minimum Gasteiger partial charge on any atom is -0.495 e. The van der Waals surface area contributed by atoms with Gasteiger partial charge in [0.1, 0.15) is 17.2 Å². The van der Waals surface area contributed by atoms with E-state index in [-0.39, 0.29) is 12.5 Å². The third kappa shape index (κ3) is 5.23. The van der Waals surface area contributed by atoms with E-state index in [2.05, 4.69) is 4.98 Å². The number of ether oxygens (including phenoxy) is 3. The van der Waals surface area contributed by atoms with Crippen LogP contribution in [0.5, 0.6) is 17.2 Å². The number of pyridine rings is 1. The molecule has 2 aromatic carbocycles. The maximum atomic E-state index is 13.4. The number of carboxylic acid groups (broad SMARTS) is 1. The second-order valence-electron chi connectivity index (χ2n) is 7.65. The molecule has 1 atom stereocenters. The summed E-state index contributed by atoms with van der Waals surface area (Å²) in [5.41, 5.74) is 2.63. The van der Waals surface area contributed by atoms with Gasteiger partial charge in [-0.05, 0) is 35.7 Å². The molecule has 1 aliphatic rings. The number of methoxy groups -OCH3 is 1. The summed E-state index contributed by atoms with van der Waals surface area (Å²) in [5, 5.41) is 9.55. The largest absolute Gasteiger partial charge is 0.495 e. The van der Waals surface area contributed by atoms with E-state index in [0.29, 0.717) is 40.8 Å². The molecule has 1 aliphatic heterocycles. The van der Waals surface area contributed by atoms with Gasteiger partial charge < -0.3 is 24.2 Å². The number of aliphatic carboxylic acids is 1. The van der Waals surface area contributed by atoms with E-state index in [4.69, 9.17) is 30.9 Å². The number of hydrogen-bond donors (Lipinski definition) is 1. The van der Waals surface area contributed by atoms with Crippen LogP contribution in [0.15, 0.2) is 60.9 Å². The second-order valence-corrected chi connectivity index (χ2v) is 8.09. The highest BCUT2D eigenvalue weighted by Crippen LogP contribution is 2.40. The van der Waals surface area contributed by atoms with Gasteiger partial charge in [0.25, 0.3) is 5.91 Å². The van der Waals surface area contributed by atoms with E-state index in [1.807, 2.05) is 24.3 Å². The van der Waals surface area contributed by atoms with Crippen molar-refractivity contribution in [3.05, 3.63) is 82.6 Å². The highest BCUT2D eigenvalue weighted by Gasteiger charge is 2.34. The van der Waals surface area contributed by atoms with Gasteiger partial charge in [-0.1, -0.05) is 35.9 Å². The van der Waals surface area contributed by atoms with E-state index in [1.54, 1.807) is 35.4 Å². The van der Waals surface area contributed by atoms with Gasteiger partial charge in [0.15, 0.2) is 13.2 Å². The Kier molecular flexibility index (Phi) is 7.18. The molecular formula is C25H23ClN2O6. The smallest absolute Gasteiger partial charge is 0.341 e. The molecule has 34 heavy (non-hydrogen) atoms. The molecule has 1 unspecified atom stereocenters. The van der Waals surface area contributed by atoms with Crippen molar-refractivity contribution >= 4 is 23.5 Å². The number of hydrogen-bond acceptors (Lipinski definition) is 6. The first-order valence-corrected chi connectivity index (χ1v) is 11.0. The number of carboxylic acids is 1. The Hall–Kier alpha value is -3.78. The first-order valence-electron chi connectivity index (χ1n) is 10.6. The highest BCUT2D eigenvalue weighted by molar-refractivity contribution is 6.30. The lowest BCUT2D eigenvalue weighted by atomic mass is 9.87. The van der Waals surface area contributed by atoms with Gasteiger partial charge in [-0.25, -0.2) is 4.79 Å². The van der Waals surface area contributed by atoms with Crippen LogP contribution in [0.2, 0.25) is 5.02 Å². The maximum Gasteiger partial charge on any atom is 0.341 e. The molecule has 0 bridgehead atoms. The van der Waals surface area contributed by atoms with E-state index in [0.717, 1.165) is 11.1 Å². The van der Waals surface area contributed by atoms with Gasteiger partial charge in [-0.3, -0.25) is 9.78 Å². The average Bonchev–Trinajstić information content (AvgIpc) is 2.85. The Bertz CT molecular complexity index is 1200. The molecule has 9 heteroatoms.